The van der Waals surface area contributed by atoms with Crippen LogP contribution in [0.5, 0.6) is 0 Å². The van der Waals surface area contributed by atoms with Crippen molar-refractivity contribution in [2.45, 2.75) is 32.0 Å². The summed E-state index contributed by atoms with van der Waals surface area (Å²) in [5.74, 6) is -3.74. The summed E-state index contributed by atoms with van der Waals surface area (Å²) in [4.78, 5) is 39.9. The highest BCUT2D eigenvalue weighted by Crippen LogP contribution is 2.33. The van der Waals surface area contributed by atoms with Crippen molar-refractivity contribution in [3.8, 4) is 0 Å². The SMILES string of the molecule is C[C@H](NC(=O)[C@@H](CC(=O)c1ccncc1)Cc1ccccc1C(F)(F)F)C(=O)O. The molecule has 0 bridgehead atoms. The molecule has 2 rings (SSSR count). The van der Waals surface area contributed by atoms with E-state index in [-0.39, 0.29) is 24.0 Å². The number of Topliss-reactive ketones (excluding diaryl/α,β-unsaturated/α-hetero) is 1. The summed E-state index contributed by atoms with van der Waals surface area (Å²) in [7, 11) is 0. The summed E-state index contributed by atoms with van der Waals surface area (Å²) in [6.07, 6.45) is -2.61. The number of hydrogen-bond donors (Lipinski definition) is 2. The van der Waals surface area contributed by atoms with Crippen molar-refractivity contribution in [3.05, 3.63) is 65.5 Å². The number of carboxylic acids is 1. The van der Waals surface area contributed by atoms with E-state index in [1.807, 2.05) is 0 Å². The summed E-state index contributed by atoms with van der Waals surface area (Å²) in [5, 5.41) is 11.2. The fraction of sp³-hybridized carbons (Fsp3) is 0.300. The molecule has 154 valence electrons. The zero-order valence-corrected chi connectivity index (χ0v) is 15.4. The van der Waals surface area contributed by atoms with Gasteiger partial charge in [0.2, 0.25) is 5.91 Å². The number of hydrogen-bond acceptors (Lipinski definition) is 4. The molecule has 0 radical (unpaired) electrons. The second-order valence-electron chi connectivity index (χ2n) is 6.49. The molecular weight excluding hydrogens is 389 g/mol. The molecule has 0 saturated heterocycles. The van der Waals surface area contributed by atoms with Gasteiger partial charge < -0.3 is 10.4 Å². The van der Waals surface area contributed by atoms with Crippen molar-refractivity contribution in [1.29, 1.82) is 0 Å². The predicted molar refractivity (Wildman–Crippen MR) is 97.1 cm³/mol. The number of nitrogens with one attached hydrogen (secondary N) is 1. The van der Waals surface area contributed by atoms with Crippen molar-refractivity contribution in [3.63, 3.8) is 0 Å². The molecule has 1 amide bonds. The molecule has 0 saturated carbocycles. The number of ketones is 1. The number of pyridine rings is 1. The Hall–Kier alpha value is -3.23. The molecule has 2 N–H and O–H groups in total. The molecule has 1 heterocycles. The van der Waals surface area contributed by atoms with Gasteiger partial charge in [0.15, 0.2) is 5.78 Å². The number of carbonyl (C=O) groups excluding carboxylic acids is 2. The van der Waals surface area contributed by atoms with Gasteiger partial charge in [0.05, 0.1) is 5.56 Å². The number of aromatic nitrogens is 1. The summed E-state index contributed by atoms with van der Waals surface area (Å²) in [6.45, 7) is 1.23. The average molecular weight is 408 g/mol. The van der Waals surface area contributed by atoms with Crippen molar-refractivity contribution < 1.29 is 32.7 Å². The lowest BCUT2D eigenvalue weighted by Gasteiger charge is -2.20. The Balaban J connectivity index is 2.31. The molecule has 1 aromatic carbocycles. The van der Waals surface area contributed by atoms with Gasteiger partial charge in [-0.3, -0.25) is 19.4 Å². The highest BCUT2D eigenvalue weighted by molar-refractivity contribution is 5.98. The number of nitrogens with zero attached hydrogens (tertiary/aromatic N) is 1. The second kappa shape index (κ2) is 9.31. The first kappa shape index (κ1) is 22.1. The molecular formula is C20H19F3N2O4. The first-order valence-electron chi connectivity index (χ1n) is 8.71. The summed E-state index contributed by atoms with van der Waals surface area (Å²) in [6, 6.07) is 6.39. The molecule has 0 aliphatic rings. The van der Waals surface area contributed by atoms with Crippen molar-refractivity contribution in [2.24, 2.45) is 5.92 Å². The van der Waals surface area contributed by atoms with Gasteiger partial charge in [0.25, 0.3) is 0 Å². The number of benzene rings is 1. The van der Waals surface area contributed by atoms with Crippen LogP contribution in [0.4, 0.5) is 13.2 Å². The Bertz CT molecular complexity index is 885. The largest absolute Gasteiger partial charge is 0.480 e. The van der Waals surface area contributed by atoms with Crippen LogP contribution < -0.4 is 5.32 Å². The molecule has 6 nitrogen and oxygen atoms in total. The van der Waals surface area contributed by atoms with Crippen molar-refractivity contribution >= 4 is 17.7 Å². The Morgan fingerprint density at radius 2 is 1.72 bits per heavy atom. The van der Waals surface area contributed by atoms with Gasteiger partial charge in [-0.25, -0.2) is 0 Å². The van der Waals surface area contributed by atoms with E-state index in [2.05, 4.69) is 10.3 Å². The maximum absolute atomic E-state index is 13.3. The molecule has 0 spiro atoms. The van der Waals surface area contributed by atoms with E-state index in [4.69, 9.17) is 5.11 Å². The zero-order chi connectivity index (χ0) is 21.6. The Morgan fingerprint density at radius 1 is 1.10 bits per heavy atom. The molecule has 2 atom stereocenters. The summed E-state index contributed by atoms with van der Waals surface area (Å²) < 4.78 is 39.9. The number of halogens is 3. The van der Waals surface area contributed by atoms with E-state index in [1.54, 1.807) is 0 Å². The monoisotopic (exact) mass is 408 g/mol. The lowest BCUT2D eigenvalue weighted by Crippen LogP contribution is -2.42. The van der Waals surface area contributed by atoms with Crippen LogP contribution in [0, 0.1) is 5.92 Å². The minimum Gasteiger partial charge on any atom is -0.480 e. The maximum atomic E-state index is 13.3. The number of carbonyl (C=O) groups is 3. The third-order valence-electron chi connectivity index (χ3n) is 4.32. The quantitative estimate of drug-likeness (QED) is 0.655. The van der Waals surface area contributed by atoms with Crippen LogP contribution in [0.2, 0.25) is 0 Å². The zero-order valence-electron chi connectivity index (χ0n) is 15.4. The van der Waals surface area contributed by atoms with E-state index >= 15 is 0 Å². The molecule has 0 aliphatic heterocycles. The molecule has 0 unspecified atom stereocenters. The topological polar surface area (TPSA) is 96.4 Å². The Morgan fingerprint density at radius 3 is 2.31 bits per heavy atom. The van der Waals surface area contributed by atoms with E-state index in [0.29, 0.717) is 0 Å². The van der Waals surface area contributed by atoms with Crippen LogP contribution in [-0.4, -0.2) is 33.8 Å². The molecule has 0 fully saturated rings. The summed E-state index contributed by atoms with van der Waals surface area (Å²) in [5.41, 5.74) is -0.792. The minimum atomic E-state index is -4.62. The lowest BCUT2D eigenvalue weighted by molar-refractivity contribution is -0.141. The van der Waals surface area contributed by atoms with Gasteiger partial charge >= 0.3 is 12.1 Å². The van der Waals surface area contributed by atoms with E-state index in [0.717, 1.165) is 6.07 Å². The molecule has 2 aromatic rings. The van der Waals surface area contributed by atoms with Gasteiger partial charge in [-0.05, 0) is 37.1 Å². The number of amides is 1. The second-order valence-corrected chi connectivity index (χ2v) is 6.49. The van der Waals surface area contributed by atoms with E-state index in [1.165, 1.54) is 49.6 Å². The highest BCUT2D eigenvalue weighted by Gasteiger charge is 2.35. The highest BCUT2D eigenvalue weighted by atomic mass is 19.4. The Labute approximate surface area is 164 Å². The predicted octanol–water partition coefficient (Wildman–Crippen LogP) is 3.12. The van der Waals surface area contributed by atoms with Crippen LogP contribution in [0.25, 0.3) is 0 Å². The van der Waals surface area contributed by atoms with Gasteiger partial charge in [0, 0.05) is 30.3 Å². The lowest BCUT2D eigenvalue weighted by atomic mass is 9.89. The Kier molecular flexibility index (Phi) is 7.08. The van der Waals surface area contributed by atoms with Crippen molar-refractivity contribution in [2.75, 3.05) is 0 Å². The van der Waals surface area contributed by atoms with Gasteiger partial charge in [0.1, 0.15) is 6.04 Å². The molecule has 29 heavy (non-hydrogen) atoms. The fourth-order valence-electron chi connectivity index (χ4n) is 2.77. The normalized spacial score (nSPS) is 13.4. The number of carboxylic acid groups (broad SMARTS) is 1. The van der Waals surface area contributed by atoms with Gasteiger partial charge in [-0.2, -0.15) is 13.2 Å². The van der Waals surface area contributed by atoms with E-state index < -0.39 is 41.4 Å². The fourth-order valence-corrected chi connectivity index (χ4v) is 2.77. The molecule has 9 heteroatoms. The third kappa shape index (κ3) is 6.13. The van der Waals surface area contributed by atoms with Crippen LogP contribution in [0.3, 0.4) is 0 Å². The average Bonchev–Trinajstić information content (AvgIpc) is 2.67. The smallest absolute Gasteiger partial charge is 0.416 e. The molecule has 0 aliphatic carbocycles. The van der Waals surface area contributed by atoms with Crippen LogP contribution >= 0.6 is 0 Å². The number of alkyl halides is 3. The summed E-state index contributed by atoms with van der Waals surface area (Å²) >= 11 is 0. The first-order valence-corrected chi connectivity index (χ1v) is 8.71. The van der Waals surface area contributed by atoms with Gasteiger partial charge in [-0.15, -0.1) is 0 Å². The van der Waals surface area contributed by atoms with Gasteiger partial charge in [-0.1, -0.05) is 18.2 Å². The van der Waals surface area contributed by atoms with Crippen LogP contribution in [0.15, 0.2) is 48.8 Å². The standard InChI is InChI=1S/C20H19F3N2O4/c1-12(19(28)29)25-18(27)15(11-17(26)13-6-8-24-9-7-13)10-14-4-2-3-5-16(14)20(21,22)23/h2-9,12,15H,10-11H2,1H3,(H,25,27)(H,28,29)/t12-,15+/m0/s1. The van der Waals surface area contributed by atoms with E-state index in [9.17, 15) is 27.6 Å². The number of rotatable bonds is 8. The third-order valence-corrected chi connectivity index (χ3v) is 4.32. The van der Waals surface area contributed by atoms with Crippen LogP contribution in [-0.2, 0) is 22.2 Å². The first-order chi connectivity index (χ1) is 13.6. The maximum Gasteiger partial charge on any atom is 0.416 e. The van der Waals surface area contributed by atoms with Crippen LogP contribution in [0.1, 0.15) is 34.8 Å². The number of aliphatic carboxylic acids is 1. The van der Waals surface area contributed by atoms with Crippen molar-refractivity contribution in [1.82, 2.24) is 10.3 Å². The minimum absolute atomic E-state index is 0.148. The molecule has 1 aromatic heterocycles.